The van der Waals surface area contributed by atoms with Crippen molar-refractivity contribution in [1.29, 1.82) is 15.8 Å². The van der Waals surface area contributed by atoms with Crippen LogP contribution in [0.5, 0.6) is 0 Å². The van der Waals surface area contributed by atoms with Gasteiger partial charge in [-0.25, -0.2) is 0 Å². The van der Waals surface area contributed by atoms with E-state index in [4.69, 9.17) is 33.0 Å². The van der Waals surface area contributed by atoms with Gasteiger partial charge in [-0.1, -0.05) is 54.5 Å². The molecule has 3 radical (unpaired) electrons. The monoisotopic (exact) mass is 990 g/mol. The Hall–Kier alpha value is -3.40. The Morgan fingerprint density at radius 3 is 1.23 bits per heavy atom. The first-order valence-electron chi connectivity index (χ1n) is 17.2. The summed E-state index contributed by atoms with van der Waals surface area (Å²) in [5.41, 5.74) is 20.9. The average molecular weight is 991 g/mol. The predicted octanol–water partition coefficient (Wildman–Crippen LogP) is 5.97. The van der Waals surface area contributed by atoms with Gasteiger partial charge in [-0.3, -0.25) is 19.2 Å². The molecule has 285 valence electrons. The van der Waals surface area contributed by atoms with Crippen LogP contribution in [0.25, 0.3) is 11.5 Å². The molecule has 3 aromatic rings. The van der Waals surface area contributed by atoms with Crippen LogP contribution in [0.1, 0.15) is 76.7 Å². The number of nitrogen functional groups attached to an aromatic ring is 3. The quantitative estimate of drug-likeness (QED) is 0.0300. The van der Waals surface area contributed by atoms with Crippen molar-refractivity contribution in [2.45, 2.75) is 59.3 Å². The SMILES string of the molecule is Cc1c(N)[c-]ccc1/C(O)=C(\C#N)C(=O)C1CC1.Cc1c(N)[c-]ccc1C(=O)C(C#N)C(=O)C1CC1.Cc1c(N)[c-]ccc1C(O)=C(C#N)C(=O)C1CC1.[Y].[Y].[Y]. The minimum atomic E-state index is -1.20. The second kappa shape index (κ2) is 23.3. The first kappa shape index (κ1) is 51.6. The number of allylic oxidation sites excluding steroid dienone is 2. The van der Waals surface area contributed by atoms with Gasteiger partial charge >= 0.3 is 0 Å². The third-order valence-corrected chi connectivity index (χ3v) is 9.41. The third-order valence-electron chi connectivity index (χ3n) is 9.41. The molecule has 15 heteroatoms. The summed E-state index contributed by atoms with van der Waals surface area (Å²) in [6.07, 6.45) is 4.74. The molecule has 0 heterocycles. The second-order valence-corrected chi connectivity index (χ2v) is 13.3. The number of Topliss-reactive ketones (excluding diaryl/α,β-unsaturated/α-hetero) is 4. The summed E-state index contributed by atoms with van der Waals surface area (Å²) in [6.45, 7) is 5.12. The molecule has 3 fully saturated rings. The largest absolute Gasteiger partial charge is 0.508 e. The van der Waals surface area contributed by atoms with Crippen molar-refractivity contribution in [3.63, 3.8) is 0 Å². The van der Waals surface area contributed by atoms with E-state index in [2.05, 4.69) is 18.2 Å². The van der Waals surface area contributed by atoms with Crippen LogP contribution >= 0.6 is 0 Å². The molecular formula is C42H39N6O6Y3-3. The van der Waals surface area contributed by atoms with Crippen molar-refractivity contribution < 1.29 is 128 Å². The number of hydrogen-bond donors (Lipinski definition) is 5. The number of carbonyl (C=O) groups is 4. The minimum absolute atomic E-state index is 0. The van der Waals surface area contributed by atoms with Crippen molar-refractivity contribution in [2.24, 2.45) is 23.7 Å². The van der Waals surface area contributed by atoms with E-state index in [9.17, 15) is 29.4 Å². The van der Waals surface area contributed by atoms with Crippen molar-refractivity contribution in [2.75, 3.05) is 17.2 Å². The molecule has 1 unspecified atom stereocenters. The normalized spacial score (nSPS) is 14.9. The number of aliphatic hydroxyl groups is 2. The standard InChI is InChI=1S/3C14H13N2O2.3Y/c3*1-8-10(3-2-4-12(8)16)14(18)11(7-15)13(17)9-5-6-9;;;/h2*2-3,9,18H,5-6,16H2,1H3;2-3,9,11H,5-6,16H2,1H3;;;/q3*-1;;;/b14-11-;;;;;. The van der Waals surface area contributed by atoms with E-state index in [0.29, 0.717) is 50.4 Å². The topological polar surface area (TPSA) is 258 Å². The zero-order chi connectivity index (χ0) is 39.9. The molecule has 0 aliphatic heterocycles. The van der Waals surface area contributed by atoms with E-state index in [1.54, 1.807) is 63.2 Å². The molecule has 3 saturated carbocycles. The van der Waals surface area contributed by atoms with Gasteiger partial charge in [-0.15, -0.1) is 16.7 Å². The van der Waals surface area contributed by atoms with Crippen molar-refractivity contribution in [3.05, 3.63) is 99.1 Å². The number of anilines is 3. The summed E-state index contributed by atoms with van der Waals surface area (Å²) < 4.78 is 0. The minimum Gasteiger partial charge on any atom is -0.508 e. The van der Waals surface area contributed by atoms with Crippen LogP contribution in [0.3, 0.4) is 0 Å². The van der Waals surface area contributed by atoms with Gasteiger partial charge in [0.05, 0.1) is 6.07 Å². The Morgan fingerprint density at radius 2 is 0.930 bits per heavy atom. The van der Waals surface area contributed by atoms with Gasteiger partial charge in [-0.2, -0.15) is 70.4 Å². The number of aliphatic hydroxyl groups excluding tert-OH is 2. The van der Waals surface area contributed by atoms with E-state index in [0.717, 1.165) is 38.5 Å². The van der Waals surface area contributed by atoms with Gasteiger partial charge in [0.25, 0.3) is 0 Å². The zero-order valence-electron chi connectivity index (χ0n) is 31.8. The Bertz CT molecular complexity index is 2120. The van der Waals surface area contributed by atoms with Crippen LogP contribution in [0.15, 0.2) is 47.5 Å². The van der Waals surface area contributed by atoms with Crippen LogP contribution in [0.2, 0.25) is 0 Å². The second-order valence-electron chi connectivity index (χ2n) is 13.3. The first-order chi connectivity index (χ1) is 25.7. The number of rotatable bonds is 10. The molecule has 3 aliphatic rings. The number of carbonyl (C=O) groups excluding carboxylic acids is 4. The maximum atomic E-state index is 12.2. The summed E-state index contributed by atoms with van der Waals surface area (Å²) in [7, 11) is 0. The van der Waals surface area contributed by atoms with Gasteiger partial charge in [0.15, 0.2) is 29.1 Å². The molecule has 0 spiro atoms. The van der Waals surface area contributed by atoms with Gasteiger partial charge in [0.1, 0.15) is 34.8 Å². The van der Waals surface area contributed by atoms with E-state index in [1.807, 2.05) is 6.07 Å². The maximum absolute atomic E-state index is 12.2. The summed E-state index contributed by atoms with van der Waals surface area (Å²) in [4.78, 5) is 47.8. The van der Waals surface area contributed by atoms with E-state index in [1.165, 1.54) is 6.07 Å². The van der Waals surface area contributed by atoms with Gasteiger partial charge < -0.3 is 27.4 Å². The average Bonchev–Trinajstić information content (AvgIpc) is 3.99. The van der Waals surface area contributed by atoms with E-state index < -0.39 is 11.7 Å². The molecule has 3 aromatic carbocycles. The fourth-order valence-corrected chi connectivity index (χ4v) is 5.39. The number of nitrogens with zero attached hydrogens (tertiary/aromatic N) is 3. The summed E-state index contributed by atoms with van der Waals surface area (Å²) in [6, 6.07) is 23.2. The number of nitrogens with two attached hydrogens (primary N) is 3. The Morgan fingerprint density at radius 1 is 0.614 bits per heavy atom. The van der Waals surface area contributed by atoms with E-state index >= 15 is 0 Å². The van der Waals surface area contributed by atoms with Crippen molar-refractivity contribution in [1.82, 2.24) is 0 Å². The fraction of sp³-hybridized carbons (Fsp3) is 0.310. The van der Waals surface area contributed by atoms with Crippen molar-refractivity contribution in [3.8, 4) is 18.2 Å². The molecule has 0 bridgehead atoms. The van der Waals surface area contributed by atoms with Gasteiger partial charge in [0.2, 0.25) is 0 Å². The zero-order valence-corrected chi connectivity index (χ0v) is 40.4. The van der Waals surface area contributed by atoms with Crippen molar-refractivity contribution >= 4 is 51.7 Å². The number of hydrogen-bond acceptors (Lipinski definition) is 12. The Labute approximate surface area is 408 Å². The fourth-order valence-electron chi connectivity index (χ4n) is 5.39. The summed E-state index contributed by atoms with van der Waals surface area (Å²) >= 11 is 0. The number of benzene rings is 3. The van der Waals surface area contributed by atoms with Crippen LogP contribution in [-0.4, -0.2) is 33.3 Å². The molecule has 8 N–H and O–H groups in total. The number of ketones is 4. The van der Waals surface area contributed by atoms with Gasteiger partial charge in [0, 0.05) is 116 Å². The molecule has 12 nitrogen and oxygen atoms in total. The van der Waals surface area contributed by atoms with Crippen LogP contribution < -0.4 is 17.2 Å². The molecule has 6 rings (SSSR count). The van der Waals surface area contributed by atoms with E-state index in [-0.39, 0.29) is 156 Å². The molecular weight excluding hydrogens is 951 g/mol. The molecule has 0 aromatic heterocycles. The molecule has 0 amide bonds. The van der Waals surface area contributed by atoms with Crippen LogP contribution in [0, 0.1) is 96.6 Å². The molecule has 57 heavy (non-hydrogen) atoms. The Balaban J connectivity index is 0.000000417. The molecule has 0 saturated heterocycles. The summed E-state index contributed by atoms with van der Waals surface area (Å²) in [5.74, 6) is -3.34. The summed E-state index contributed by atoms with van der Waals surface area (Å²) in [5, 5.41) is 47.3. The predicted molar refractivity (Wildman–Crippen MR) is 200 cm³/mol. The third kappa shape index (κ3) is 13.0. The van der Waals surface area contributed by atoms with Crippen LogP contribution in [-0.2, 0) is 113 Å². The van der Waals surface area contributed by atoms with Gasteiger partial charge in [-0.05, 0) is 38.5 Å². The first-order valence-corrected chi connectivity index (χ1v) is 17.2. The maximum Gasteiger partial charge on any atom is 0.180 e. The molecule has 1 atom stereocenters. The number of nitriles is 3. The molecule has 3 aliphatic carbocycles. The Kier molecular flexibility index (Phi) is 21.1. The smallest absolute Gasteiger partial charge is 0.180 e. The van der Waals surface area contributed by atoms with Crippen LogP contribution in [0.4, 0.5) is 17.1 Å².